The van der Waals surface area contributed by atoms with Crippen molar-refractivity contribution < 1.29 is 49.0 Å². The van der Waals surface area contributed by atoms with E-state index < -0.39 is 79.4 Å². The van der Waals surface area contributed by atoms with Crippen molar-refractivity contribution >= 4 is 11.9 Å². The Morgan fingerprint density at radius 2 is 1.89 bits per heavy atom. The van der Waals surface area contributed by atoms with Gasteiger partial charge in [0.05, 0.1) is 18.6 Å². The van der Waals surface area contributed by atoms with E-state index in [0.717, 1.165) is 5.57 Å². The quantitative estimate of drug-likeness (QED) is 0.233. The normalized spacial score (nSPS) is 45.1. The summed E-state index contributed by atoms with van der Waals surface area (Å²) < 4.78 is 23.3. The van der Waals surface area contributed by atoms with Gasteiger partial charge in [-0.1, -0.05) is 31.7 Å². The van der Waals surface area contributed by atoms with Crippen LogP contribution in [0.1, 0.15) is 33.6 Å². The molecule has 2 heterocycles. The molecule has 2 saturated heterocycles. The number of esters is 2. The Morgan fingerprint density at radius 3 is 2.53 bits per heavy atom. The molecule has 4 rings (SSSR count). The lowest BCUT2D eigenvalue weighted by Gasteiger charge is -2.42. The third-order valence-electron chi connectivity index (χ3n) is 8.26. The van der Waals surface area contributed by atoms with E-state index in [4.69, 9.17) is 18.9 Å². The molecule has 0 aromatic heterocycles. The van der Waals surface area contributed by atoms with Crippen LogP contribution in [0, 0.1) is 23.7 Å². The lowest BCUT2D eigenvalue weighted by Crippen LogP contribution is -2.60. The standard InChI is InChI=1S/C26H36O10/c1-6-10(2)24(31)33-15-8-14-11(3)7-16(19-13(5)25(32)36-23(19)18(14)12(15)4)34-26-22(30)21(29)20(28)17(9-27)35-26/h6,13-23,26-30H,3-4,7-9H2,1-2,5H3/b10-6-/t13-,14-,15-,16-,17+,18-,19+,20+,21-,22+,23+,26+/m0/s1. The van der Waals surface area contributed by atoms with Crippen molar-refractivity contribution in [3.8, 4) is 0 Å². The zero-order valence-electron chi connectivity index (χ0n) is 20.8. The van der Waals surface area contributed by atoms with Gasteiger partial charge in [0.15, 0.2) is 6.29 Å². The van der Waals surface area contributed by atoms with Crippen molar-refractivity contribution in [2.24, 2.45) is 23.7 Å². The zero-order chi connectivity index (χ0) is 26.5. The fourth-order valence-corrected chi connectivity index (χ4v) is 5.97. The largest absolute Gasteiger partial charge is 0.461 e. The van der Waals surface area contributed by atoms with Crippen molar-refractivity contribution in [1.82, 2.24) is 0 Å². The molecular formula is C26H36O10. The Morgan fingerprint density at radius 1 is 1.19 bits per heavy atom. The van der Waals surface area contributed by atoms with Gasteiger partial charge in [-0.25, -0.2) is 4.79 Å². The maximum Gasteiger partial charge on any atom is 0.333 e. The molecule has 2 aliphatic heterocycles. The Kier molecular flexibility index (Phi) is 7.76. The highest BCUT2D eigenvalue weighted by Crippen LogP contribution is 2.54. The van der Waals surface area contributed by atoms with Gasteiger partial charge in [-0.05, 0) is 38.2 Å². The van der Waals surface area contributed by atoms with Crippen LogP contribution in [0.25, 0.3) is 0 Å². The molecule has 2 saturated carbocycles. The molecule has 12 atom stereocenters. The molecular weight excluding hydrogens is 472 g/mol. The minimum Gasteiger partial charge on any atom is -0.461 e. The molecule has 10 heteroatoms. The molecule has 10 nitrogen and oxygen atoms in total. The number of hydrogen-bond acceptors (Lipinski definition) is 10. The van der Waals surface area contributed by atoms with E-state index >= 15 is 0 Å². The minimum atomic E-state index is -1.58. The number of allylic oxidation sites excluding steroid dienone is 1. The van der Waals surface area contributed by atoms with Crippen LogP contribution < -0.4 is 0 Å². The van der Waals surface area contributed by atoms with Crippen LogP contribution in [0.4, 0.5) is 0 Å². The fourth-order valence-electron chi connectivity index (χ4n) is 5.97. The average molecular weight is 509 g/mol. The Balaban J connectivity index is 1.59. The zero-order valence-corrected chi connectivity index (χ0v) is 20.8. The summed E-state index contributed by atoms with van der Waals surface area (Å²) >= 11 is 0. The van der Waals surface area contributed by atoms with Gasteiger partial charge in [0.25, 0.3) is 0 Å². The molecule has 2 aliphatic carbocycles. The number of rotatable bonds is 5. The van der Waals surface area contributed by atoms with Gasteiger partial charge in [-0.15, -0.1) is 0 Å². The summed E-state index contributed by atoms with van der Waals surface area (Å²) in [4.78, 5) is 25.1. The van der Waals surface area contributed by atoms with E-state index in [0.29, 0.717) is 24.0 Å². The second-order valence-electron chi connectivity index (χ2n) is 10.3. The van der Waals surface area contributed by atoms with E-state index in [1.165, 1.54) is 0 Å². The van der Waals surface area contributed by atoms with Crippen molar-refractivity contribution in [3.05, 3.63) is 36.0 Å². The maximum atomic E-state index is 12.7. The molecule has 4 N–H and O–H groups in total. The first-order valence-corrected chi connectivity index (χ1v) is 12.4. The molecule has 0 radical (unpaired) electrons. The molecule has 0 aromatic carbocycles. The monoisotopic (exact) mass is 508 g/mol. The number of carbonyl (C=O) groups is 2. The van der Waals surface area contributed by atoms with E-state index in [2.05, 4.69) is 13.2 Å². The van der Waals surface area contributed by atoms with E-state index in [1.54, 1.807) is 26.8 Å². The second-order valence-corrected chi connectivity index (χ2v) is 10.3. The Bertz CT molecular complexity index is 941. The van der Waals surface area contributed by atoms with Crippen molar-refractivity contribution in [3.63, 3.8) is 0 Å². The van der Waals surface area contributed by atoms with Crippen LogP contribution in [0.3, 0.4) is 0 Å². The van der Waals surface area contributed by atoms with Crippen molar-refractivity contribution in [2.75, 3.05) is 6.61 Å². The van der Waals surface area contributed by atoms with E-state index in [1.807, 2.05) is 0 Å². The van der Waals surface area contributed by atoms with Crippen LogP contribution in [-0.4, -0.2) is 88.0 Å². The minimum absolute atomic E-state index is 0.171. The average Bonchev–Trinajstić information content (AvgIpc) is 3.29. The number of fused-ring (bicyclic) bond motifs is 3. The molecule has 4 aliphatic rings. The lowest BCUT2D eigenvalue weighted by molar-refractivity contribution is -0.316. The summed E-state index contributed by atoms with van der Waals surface area (Å²) in [6, 6.07) is 0. The SMILES string of the molecule is C=C1[C@@H]2[C@H]3OC(=O)[C@@H](C)[C@@H]3[C@@H](O[C@@H]3O[C@H](CO)[C@@H](O)[C@H](O)[C@H]3O)CC(=C)[C@@H]2C[C@@H]1OC(=O)/C(C)=C\C. The molecule has 0 bridgehead atoms. The summed E-state index contributed by atoms with van der Waals surface area (Å²) in [5.41, 5.74) is 1.94. The van der Waals surface area contributed by atoms with Crippen LogP contribution in [0.15, 0.2) is 36.0 Å². The van der Waals surface area contributed by atoms with Gasteiger partial charge >= 0.3 is 11.9 Å². The van der Waals surface area contributed by atoms with Gasteiger partial charge in [0, 0.05) is 17.4 Å². The first-order chi connectivity index (χ1) is 17.0. The van der Waals surface area contributed by atoms with Gasteiger partial charge in [0.1, 0.15) is 36.6 Å². The first-order valence-electron chi connectivity index (χ1n) is 12.4. The highest BCUT2D eigenvalue weighted by atomic mass is 16.7. The van der Waals surface area contributed by atoms with Gasteiger partial charge in [-0.2, -0.15) is 0 Å². The van der Waals surface area contributed by atoms with Gasteiger partial charge in [-0.3, -0.25) is 4.79 Å². The molecule has 200 valence electrons. The van der Waals surface area contributed by atoms with Crippen molar-refractivity contribution in [1.29, 1.82) is 0 Å². The highest BCUT2D eigenvalue weighted by molar-refractivity contribution is 5.88. The predicted molar refractivity (Wildman–Crippen MR) is 125 cm³/mol. The van der Waals surface area contributed by atoms with Crippen LogP contribution in [0.5, 0.6) is 0 Å². The molecule has 0 amide bonds. The van der Waals surface area contributed by atoms with Gasteiger partial charge in [0.2, 0.25) is 0 Å². The Hall–Kier alpha value is -2.08. The van der Waals surface area contributed by atoms with Crippen LogP contribution in [-0.2, 0) is 28.5 Å². The summed E-state index contributed by atoms with van der Waals surface area (Å²) in [5.74, 6) is -2.32. The molecule has 0 unspecified atom stereocenters. The number of ether oxygens (including phenoxy) is 4. The predicted octanol–water partition coefficient (Wildman–Crippen LogP) is 0.379. The number of aliphatic hydroxyl groups is 4. The maximum absolute atomic E-state index is 12.7. The van der Waals surface area contributed by atoms with Gasteiger partial charge < -0.3 is 39.4 Å². The molecule has 36 heavy (non-hydrogen) atoms. The van der Waals surface area contributed by atoms with E-state index in [-0.39, 0.29) is 11.8 Å². The number of carbonyl (C=O) groups excluding carboxylic acids is 2. The van der Waals surface area contributed by atoms with Crippen molar-refractivity contribution in [2.45, 2.75) is 82.6 Å². The smallest absolute Gasteiger partial charge is 0.333 e. The third-order valence-corrected chi connectivity index (χ3v) is 8.26. The summed E-state index contributed by atoms with van der Waals surface area (Å²) in [6.07, 6.45) is -6.53. The van der Waals surface area contributed by atoms with E-state index in [9.17, 15) is 30.0 Å². The number of aliphatic hydroxyl groups excluding tert-OH is 4. The second kappa shape index (κ2) is 10.4. The summed E-state index contributed by atoms with van der Waals surface area (Å²) in [7, 11) is 0. The lowest BCUT2D eigenvalue weighted by atomic mass is 9.79. The highest BCUT2D eigenvalue weighted by Gasteiger charge is 2.59. The first kappa shape index (κ1) is 27.0. The summed E-state index contributed by atoms with van der Waals surface area (Å²) in [6.45, 7) is 13.1. The fraction of sp³-hybridized carbons (Fsp3) is 0.692. The third kappa shape index (κ3) is 4.55. The molecule has 0 spiro atoms. The topological polar surface area (TPSA) is 152 Å². The van der Waals surface area contributed by atoms with Crippen LogP contribution in [0.2, 0.25) is 0 Å². The summed E-state index contributed by atoms with van der Waals surface area (Å²) in [5, 5.41) is 40.3. The van der Waals surface area contributed by atoms with Crippen LogP contribution >= 0.6 is 0 Å². The number of hydrogen-bond donors (Lipinski definition) is 4. The molecule has 4 fully saturated rings. The molecule has 0 aromatic rings. The Labute approximate surface area is 210 Å².